The molecule has 2 N–H and O–H groups in total. The minimum Gasteiger partial charge on any atom is -0.493 e. The Morgan fingerprint density at radius 1 is 1.52 bits per heavy atom. The molecule has 1 aliphatic heterocycles. The number of carbonyl (C=O) groups excluding carboxylic acids is 1. The minimum atomic E-state index is -0.675. The van der Waals surface area contributed by atoms with Crippen LogP contribution >= 0.6 is 11.6 Å². The number of rotatable bonds is 3. The van der Waals surface area contributed by atoms with Gasteiger partial charge in [0.2, 0.25) is 0 Å². The van der Waals surface area contributed by atoms with E-state index in [9.17, 15) is 4.79 Å². The number of hydrogen-bond acceptors (Lipinski definition) is 3. The fourth-order valence-corrected chi connectivity index (χ4v) is 3.93. The van der Waals surface area contributed by atoms with Crippen molar-refractivity contribution in [3.05, 3.63) is 28.3 Å². The van der Waals surface area contributed by atoms with Gasteiger partial charge in [-0.3, -0.25) is 4.79 Å². The van der Waals surface area contributed by atoms with Crippen molar-refractivity contribution in [2.24, 2.45) is 11.7 Å². The molecular formula is C17H22ClNO2. The molecule has 2 atom stereocenters. The lowest BCUT2D eigenvalue weighted by molar-refractivity contribution is -0.125. The van der Waals surface area contributed by atoms with Gasteiger partial charge in [0.1, 0.15) is 5.75 Å². The van der Waals surface area contributed by atoms with Gasteiger partial charge >= 0.3 is 0 Å². The van der Waals surface area contributed by atoms with Crippen LogP contribution in [0.25, 0.3) is 0 Å². The SMILES string of the molecule is CC1CCCC(N)(C(=O)Cc2cc(Cl)cc3c2OCC3)C1. The Hall–Kier alpha value is -1.06. The highest BCUT2D eigenvalue weighted by Gasteiger charge is 2.38. The molecule has 1 aromatic carbocycles. The van der Waals surface area contributed by atoms with Gasteiger partial charge in [0.15, 0.2) is 5.78 Å². The van der Waals surface area contributed by atoms with Crippen molar-refractivity contribution in [3.63, 3.8) is 0 Å². The predicted molar refractivity (Wildman–Crippen MR) is 83.9 cm³/mol. The molecule has 0 saturated heterocycles. The zero-order valence-electron chi connectivity index (χ0n) is 12.5. The third-order valence-corrected chi connectivity index (χ3v) is 4.98. The van der Waals surface area contributed by atoms with E-state index in [1.807, 2.05) is 12.1 Å². The molecule has 3 rings (SSSR count). The van der Waals surface area contributed by atoms with Crippen LogP contribution in [-0.2, 0) is 17.6 Å². The maximum atomic E-state index is 12.7. The van der Waals surface area contributed by atoms with E-state index in [-0.39, 0.29) is 5.78 Å². The van der Waals surface area contributed by atoms with Crippen LogP contribution in [0.4, 0.5) is 0 Å². The van der Waals surface area contributed by atoms with E-state index < -0.39 is 5.54 Å². The van der Waals surface area contributed by atoms with Gasteiger partial charge in [0.25, 0.3) is 0 Å². The molecular weight excluding hydrogens is 286 g/mol. The Kier molecular flexibility index (Phi) is 3.98. The Morgan fingerprint density at radius 3 is 3.10 bits per heavy atom. The second-order valence-corrected chi connectivity index (χ2v) is 7.05. The van der Waals surface area contributed by atoms with Crippen molar-refractivity contribution in [1.29, 1.82) is 0 Å². The van der Waals surface area contributed by atoms with Crippen LogP contribution < -0.4 is 10.5 Å². The highest BCUT2D eigenvalue weighted by atomic mass is 35.5. The fraction of sp³-hybridized carbons (Fsp3) is 0.588. The summed E-state index contributed by atoms with van der Waals surface area (Å²) in [6.07, 6.45) is 4.97. The molecule has 0 spiro atoms. The number of hydrogen-bond donors (Lipinski definition) is 1. The van der Waals surface area contributed by atoms with Crippen LogP contribution in [0.3, 0.4) is 0 Å². The maximum Gasteiger partial charge on any atom is 0.157 e. The number of carbonyl (C=O) groups is 1. The summed E-state index contributed by atoms with van der Waals surface area (Å²) in [4.78, 5) is 12.7. The molecule has 0 bridgehead atoms. The van der Waals surface area contributed by atoms with Gasteiger partial charge in [-0.15, -0.1) is 0 Å². The molecule has 0 radical (unpaired) electrons. The standard InChI is InChI=1S/C17H22ClNO2/c1-11-3-2-5-17(19,10-11)15(20)9-13-8-14(18)7-12-4-6-21-16(12)13/h7-8,11H,2-6,9-10,19H2,1H3. The van der Waals surface area contributed by atoms with Crippen molar-refractivity contribution in [2.75, 3.05) is 6.61 Å². The Bertz CT molecular complexity index is 572. The van der Waals surface area contributed by atoms with Crippen LogP contribution in [0.5, 0.6) is 5.75 Å². The van der Waals surface area contributed by atoms with Gasteiger partial charge < -0.3 is 10.5 Å². The quantitative estimate of drug-likeness (QED) is 0.932. The van der Waals surface area contributed by atoms with E-state index in [2.05, 4.69) is 6.92 Å². The Morgan fingerprint density at radius 2 is 2.33 bits per heavy atom. The molecule has 1 aromatic rings. The first-order valence-corrected chi connectivity index (χ1v) is 8.12. The summed E-state index contributed by atoms with van der Waals surface area (Å²) in [5, 5.41) is 0.671. The first-order valence-electron chi connectivity index (χ1n) is 7.74. The third-order valence-electron chi connectivity index (χ3n) is 4.76. The van der Waals surface area contributed by atoms with Crippen LogP contribution in [0, 0.1) is 5.92 Å². The van der Waals surface area contributed by atoms with E-state index in [1.54, 1.807) is 0 Å². The molecule has 1 saturated carbocycles. The number of nitrogens with two attached hydrogens (primary N) is 1. The third kappa shape index (κ3) is 2.95. The number of fused-ring (bicyclic) bond motifs is 1. The molecule has 1 aliphatic carbocycles. The monoisotopic (exact) mass is 307 g/mol. The zero-order chi connectivity index (χ0) is 15.0. The molecule has 3 nitrogen and oxygen atoms in total. The summed E-state index contributed by atoms with van der Waals surface area (Å²) in [6.45, 7) is 2.84. The summed E-state index contributed by atoms with van der Waals surface area (Å²) in [5.41, 5.74) is 7.72. The molecule has 21 heavy (non-hydrogen) atoms. The van der Waals surface area contributed by atoms with Gasteiger partial charge in [0.05, 0.1) is 12.1 Å². The molecule has 1 fully saturated rings. The second kappa shape index (κ2) is 5.62. The summed E-state index contributed by atoms with van der Waals surface area (Å²) in [5.74, 6) is 1.49. The number of Topliss-reactive ketones (excluding diaryl/α,β-unsaturated/α-hetero) is 1. The van der Waals surface area contributed by atoms with Gasteiger partial charge in [0, 0.05) is 23.4 Å². The second-order valence-electron chi connectivity index (χ2n) is 6.61. The van der Waals surface area contributed by atoms with Gasteiger partial charge in [-0.1, -0.05) is 31.4 Å². The van der Waals surface area contributed by atoms with E-state index in [1.165, 1.54) is 6.42 Å². The van der Waals surface area contributed by atoms with Crippen molar-refractivity contribution in [3.8, 4) is 5.75 Å². The van der Waals surface area contributed by atoms with Gasteiger partial charge in [-0.05, 0) is 36.5 Å². The normalized spacial score (nSPS) is 28.0. The summed E-state index contributed by atoms with van der Waals surface area (Å²) < 4.78 is 5.68. The van der Waals surface area contributed by atoms with Crippen molar-refractivity contribution in [1.82, 2.24) is 0 Å². The highest BCUT2D eigenvalue weighted by Crippen LogP contribution is 2.36. The molecule has 1 heterocycles. The van der Waals surface area contributed by atoms with E-state index >= 15 is 0 Å². The lowest BCUT2D eigenvalue weighted by Crippen LogP contribution is -2.51. The van der Waals surface area contributed by atoms with Crippen LogP contribution in [0.2, 0.25) is 5.02 Å². The fourth-order valence-electron chi connectivity index (χ4n) is 3.67. The molecule has 2 unspecified atom stereocenters. The largest absolute Gasteiger partial charge is 0.493 e. The van der Waals surface area contributed by atoms with Gasteiger partial charge in [-0.2, -0.15) is 0 Å². The number of ketones is 1. The first-order chi connectivity index (χ1) is 9.98. The average molecular weight is 308 g/mol. The van der Waals surface area contributed by atoms with Crippen molar-refractivity contribution in [2.45, 2.75) is 51.0 Å². The zero-order valence-corrected chi connectivity index (χ0v) is 13.2. The van der Waals surface area contributed by atoms with Crippen LogP contribution in [-0.4, -0.2) is 17.9 Å². The van der Waals surface area contributed by atoms with Crippen LogP contribution in [0.15, 0.2) is 12.1 Å². The topological polar surface area (TPSA) is 52.3 Å². The lowest BCUT2D eigenvalue weighted by Gasteiger charge is -2.35. The van der Waals surface area contributed by atoms with Gasteiger partial charge in [-0.25, -0.2) is 0 Å². The molecule has 0 aromatic heterocycles. The van der Waals surface area contributed by atoms with Crippen LogP contribution in [0.1, 0.15) is 43.7 Å². The maximum absolute atomic E-state index is 12.7. The highest BCUT2D eigenvalue weighted by molar-refractivity contribution is 6.30. The number of ether oxygens (including phenoxy) is 1. The number of benzene rings is 1. The minimum absolute atomic E-state index is 0.119. The molecule has 0 amide bonds. The Labute approximate surface area is 130 Å². The molecule has 114 valence electrons. The lowest BCUT2D eigenvalue weighted by atomic mass is 9.73. The predicted octanol–water partition coefficient (Wildman–Crippen LogP) is 3.29. The van der Waals surface area contributed by atoms with E-state index in [0.717, 1.165) is 42.6 Å². The Balaban J connectivity index is 1.82. The summed E-state index contributed by atoms with van der Waals surface area (Å²) >= 11 is 6.16. The average Bonchev–Trinajstić information content (AvgIpc) is 2.86. The molecule has 2 aliphatic rings. The van der Waals surface area contributed by atoms with E-state index in [0.29, 0.717) is 24.0 Å². The molecule has 4 heteroatoms. The van der Waals surface area contributed by atoms with Crippen molar-refractivity contribution < 1.29 is 9.53 Å². The smallest absolute Gasteiger partial charge is 0.157 e. The van der Waals surface area contributed by atoms with E-state index in [4.69, 9.17) is 22.1 Å². The summed E-state index contributed by atoms with van der Waals surface area (Å²) in [7, 11) is 0. The number of halogens is 1. The van der Waals surface area contributed by atoms with Crippen molar-refractivity contribution >= 4 is 17.4 Å². The summed E-state index contributed by atoms with van der Waals surface area (Å²) in [6, 6.07) is 3.78. The first kappa shape index (κ1) is 14.9.